The molecule has 5 rings (SSSR count). The summed E-state index contributed by atoms with van der Waals surface area (Å²) < 4.78 is 81.2. The number of ether oxygens (including phenoxy) is 5. The van der Waals surface area contributed by atoms with Gasteiger partial charge in [-0.3, -0.25) is 9.59 Å². The van der Waals surface area contributed by atoms with Gasteiger partial charge in [-0.25, -0.2) is 36.3 Å². The van der Waals surface area contributed by atoms with Crippen molar-refractivity contribution in [1.29, 1.82) is 0 Å². The quantitative estimate of drug-likeness (QED) is 0.0355. The Kier molecular flexibility index (Phi) is 21.3. The van der Waals surface area contributed by atoms with Crippen molar-refractivity contribution in [3.63, 3.8) is 0 Å². The summed E-state index contributed by atoms with van der Waals surface area (Å²) >= 11 is 0. The van der Waals surface area contributed by atoms with Gasteiger partial charge in [0.1, 0.15) is 47.6 Å². The number of unbranched alkanes of at least 4 members (excludes halogenated alkanes) is 3. The minimum atomic E-state index is -4.30. The molecule has 4 aromatic rings. The monoisotopic (exact) mass is 998 g/mol. The number of nitrogens with one attached hydrogen (secondary N) is 4. The van der Waals surface area contributed by atoms with Crippen LogP contribution in [0, 0.1) is 11.6 Å². The summed E-state index contributed by atoms with van der Waals surface area (Å²) in [6.45, 7) is 1.25. The van der Waals surface area contributed by atoms with Crippen molar-refractivity contribution in [2.75, 3.05) is 71.4 Å². The number of aromatic nitrogens is 3. The summed E-state index contributed by atoms with van der Waals surface area (Å²) in [5, 5.41) is 19.4. The first-order valence-electron chi connectivity index (χ1n) is 22.8. The zero-order chi connectivity index (χ0) is 50.5. The van der Waals surface area contributed by atoms with E-state index in [1.807, 2.05) is 48.5 Å². The number of carbonyl (C=O) groups excluding carboxylic acids is 5. The summed E-state index contributed by atoms with van der Waals surface area (Å²) in [7, 11) is -0.0262. The first-order valence-corrected chi connectivity index (χ1v) is 24.5. The van der Waals surface area contributed by atoms with Crippen LogP contribution < -0.4 is 26.2 Å². The second-order valence-corrected chi connectivity index (χ2v) is 18.1. The number of para-hydroxylation sites is 1. The van der Waals surface area contributed by atoms with Gasteiger partial charge in [0.15, 0.2) is 9.84 Å². The fourth-order valence-electron chi connectivity index (χ4n) is 7.61. The van der Waals surface area contributed by atoms with E-state index in [1.165, 1.54) is 21.3 Å². The van der Waals surface area contributed by atoms with E-state index in [2.05, 4.69) is 31.6 Å². The molecule has 0 radical (unpaired) electrons. The van der Waals surface area contributed by atoms with Crippen LogP contribution in [-0.2, 0) is 56.2 Å². The molecule has 1 aliphatic rings. The minimum absolute atomic E-state index is 0.0283. The molecule has 1 aliphatic heterocycles. The number of anilines is 1. The average Bonchev–Trinajstić information content (AvgIpc) is 3.74. The lowest BCUT2D eigenvalue weighted by atomic mass is 9.95. The molecule has 0 spiro atoms. The lowest BCUT2D eigenvalue weighted by Crippen LogP contribution is -2.47. The topological polar surface area (TPSA) is 248 Å². The molecule has 0 aliphatic carbocycles. The number of nitrogens with zero attached hydrogens (tertiary/aromatic N) is 4. The number of hydrogen-bond acceptors (Lipinski definition) is 14. The number of amides is 5. The number of benzene rings is 3. The van der Waals surface area contributed by atoms with Gasteiger partial charge in [-0.15, -0.1) is 5.10 Å². The van der Waals surface area contributed by atoms with Gasteiger partial charge in [0.2, 0.25) is 11.8 Å². The number of methoxy groups -OCH3 is 2. The van der Waals surface area contributed by atoms with E-state index in [1.54, 1.807) is 9.58 Å². The molecular formula is C47H60F2N8O12S. The molecule has 0 fully saturated rings. The smallest absolute Gasteiger partial charge is 0.407 e. The Morgan fingerprint density at radius 3 is 2.20 bits per heavy atom. The first kappa shape index (κ1) is 54.2. The van der Waals surface area contributed by atoms with Crippen LogP contribution >= 0.6 is 0 Å². The molecule has 70 heavy (non-hydrogen) atoms. The van der Waals surface area contributed by atoms with Gasteiger partial charge < -0.3 is 49.9 Å². The normalized spacial score (nSPS) is 12.7. The minimum Gasteiger partial charge on any atom is -0.447 e. The van der Waals surface area contributed by atoms with Crippen LogP contribution in [0.15, 0.2) is 71.6 Å². The number of rotatable bonds is 26. The van der Waals surface area contributed by atoms with Crippen molar-refractivity contribution in [3.8, 4) is 22.5 Å². The van der Waals surface area contributed by atoms with Crippen LogP contribution in [0.3, 0.4) is 0 Å². The maximum absolute atomic E-state index is 14.5. The Balaban J connectivity index is 1.25. The Labute approximate surface area is 405 Å². The van der Waals surface area contributed by atoms with Gasteiger partial charge in [0, 0.05) is 64.5 Å². The maximum Gasteiger partial charge on any atom is 0.407 e. The van der Waals surface area contributed by atoms with E-state index < -0.39 is 68.5 Å². The van der Waals surface area contributed by atoms with Gasteiger partial charge in [-0.1, -0.05) is 54.1 Å². The highest BCUT2D eigenvalue weighted by molar-refractivity contribution is 7.91. The SMILES string of the molecule is CNC(=O)OC(CCCCCn1nnc2c1-c1ccccc1N(C(=O)CCNC(=O)C(CCCCNC(=O)OCCOC)NC(=O)OCCOC)Cc1ccccc1-2)CS(=O)(=O)c1ccc(F)cc1F. The third kappa shape index (κ3) is 15.9. The van der Waals surface area contributed by atoms with Crippen LogP contribution in [0.2, 0.25) is 0 Å². The Bertz CT molecular complexity index is 2510. The highest BCUT2D eigenvalue weighted by atomic mass is 32.2. The number of aryl methyl sites for hydroxylation is 1. The van der Waals surface area contributed by atoms with Crippen LogP contribution in [0.25, 0.3) is 22.5 Å². The molecule has 2 atom stereocenters. The lowest BCUT2D eigenvalue weighted by Gasteiger charge is -2.29. The third-order valence-corrected chi connectivity index (χ3v) is 12.9. The van der Waals surface area contributed by atoms with Gasteiger partial charge >= 0.3 is 18.3 Å². The molecule has 380 valence electrons. The molecule has 2 heterocycles. The summed E-state index contributed by atoms with van der Waals surface area (Å²) in [6, 6.07) is 16.0. The van der Waals surface area contributed by atoms with Gasteiger partial charge in [0.25, 0.3) is 0 Å². The van der Waals surface area contributed by atoms with E-state index in [9.17, 15) is 41.2 Å². The molecule has 3 aromatic carbocycles. The van der Waals surface area contributed by atoms with Crippen molar-refractivity contribution >= 4 is 45.6 Å². The molecule has 0 saturated carbocycles. The van der Waals surface area contributed by atoms with Crippen LogP contribution in [0.1, 0.15) is 56.9 Å². The largest absolute Gasteiger partial charge is 0.447 e. The van der Waals surface area contributed by atoms with E-state index in [-0.39, 0.29) is 71.2 Å². The van der Waals surface area contributed by atoms with Crippen molar-refractivity contribution in [2.45, 2.75) is 81.5 Å². The van der Waals surface area contributed by atoms with Crippen LogP contribution in [-0.4, -0.2) is 132 Å². The highest BCUT2D eigenvalue weighted by Crippen LogP contribution is 2.41. The van der Waals surface area contributed by atoms with Crippen LogP contribution in [0.5, 0.6) is 0 Å². The molecule has 1 aromatic heterocycles. The Morgan fingerprint density at radius 1 is 0.771 bits per heavy atom. The highest BCUT2D eigenvalue weighted by Gasteiger charge is 2.31. The van der Waals surface area contributed by atoms with Gasteiger partial charge in [0.05, 0.1) is 36.9 Å². The predicted octanol–water partition coefficient (Wildman–Crippen LogP) is 5.29. The Morgan fingerprint density at radius 2 is 1.47 bits per heavy atom. The maximum atomic E-state index is 14.5. The Hall–Kier alpha value is -6.72. The summed E-state index contributed by atoms with van der Waals surface area (Å²) in [6.07, 6.45) is -0.755. The molecule has 0 saturated heterocycles. The summed E-state index contributed by atoms with van der Waals surface area (Å²) in [5.41, 5.74) is 4.10. The molecular weight excluding hydrogens is 939 g/mol. The first-order chi connectivity index (χ1) is 33.8. The summed E-state index contributed by atoms with van der Waals surface area (Å²) in [5.74, 6) is -3.70. The number of fused-ring (bicyclic) bond motifs is 5. The number of carbonyl (C=O) groups is 5. The van der Waals surface area contributed by atoms with E-state index in [0.717, 1.165) is 23.3 Å². The number of alkyl carbamates (subject to hydrolysis) is 3. The van der Waals surface area contributed by atoms with Crippen molar-refractivity contribution in [1.82, 2.24) is 36.3 Å². The number of halogens is 2. The van der Waals surface area contributed by atoms with Gasteiger partial charge in [-0.05, 0) is 62.3 Å². The van der Waals surface area contributed by atoms with Crippen molar-refractivity contribution in [3.05, 3.63) is 83.9 Å². The third-order valence-electron chi connectivity index (χ3n) is 11.1. The van der Waals surface area contributed by atoms with E-state index >= 15 is 0 Å². The predicted molar refractivity (Wildman–Crippen MR) is 251 cm³/mol. The molecule has 23 heteroatoms. The standard InChI is InChI=1S/C47H60F2N8O12S/c1-50-45(60)69-34(31-70(63,64)40-20-19-33(48)29-37(40)49)14-5-4-12-24-57-43-36-16-8-9-18-39(36)56(30-32-13-6-7-15-35(32)42(43)54-55-57)41(58)21-23-51-44(59)38(53-47(62)68-28-26-66-3)17-10-11-22-52-46(61)67-27-25-65-2/h6-9,13,15-16,18-20,29,34,38H,4-5,10-12,14,17,21-28,30-31H2,1-3H3,(H,50,60)(H,51,59)(H,52,61)(H,53,62). The van der Waals surface area contributed by atoms with E-state index in [0.29, 0.717) is 67.4 Å². The van der Waals surface area contributed by atoms with Crippen molar-refractivity contribution in [2.24, 2.45) is 0 Å². The fourth-order valence-corrected chi connectivity index (χ4v) is 9.14. The number of hydrogen-bond donors (Lipinski definition) is 4. The second-order valence-electron chi connectivity index (χ2n) is 16.1. The molecule has 5 amide bonds. The molecule has 4 N–H and O–H groups in total. The fraction of sp³-hybridized carbons (Fsp3) is 0.468. The van der Waals surface area contributed by atoms with Crippen molar-refractivity contribution < 1.29 is 64.9 Å². The summed E-state index contributed by atoms with van der Waals surface area (Å²) in [4.78, 5) is 65.4. The molecule has 2 unspecified atom stereocenters. The average molecular weight is 999 g/mol. The van der Waals surface area contributed by atoms with Crippen LogP contribution in [0.4, 0.5) is 28.9 Å². The molecule has 0 bridgehead atoms. The molecule has 20 nitrogen and oxygen atoms in total. The van der Waals surface area contributed by atoms with E-state index in [4.69, 9.17) is 23.7 Å². The zero-order valence-corrected chi connectivity index (χ0v) is 40.2. The van der Waals surface area contributed by atoms with Gasteiger partial charge in [-0.2, -0.15) is 0 Å². The number of sulfone groups is 1. The lowest BCUT2D eigenvalue weighted by molar-refractivity contribution is -0.123. The second kappa shape index (κ2) is 27.5. The zero-order valence-electron chi connectivity index (χ0n) is 39.4.